The Hall–Kier alpha value is -0.410. The third-order valence-electron chi connectivity index (χ3n) is 3.23. The number of hydrogen-bond donors (Lipinski definition) is 1. The SMILES string of the molecule is Cc1nc(C(C)NCC(C)C(C)C)c(C)s1. The van der Waals surface area contributed by atoms with Crippen LogP contribution in [-0.2, 0) is 0 Å². The van der Waals surface area contributed by atoms with Gasteiger partial charge in [-0.2, -0.15) is 0 Å². The van der Waals surface area contributed by atoms with E-state index in [1.807, 2.05) is 0 Å². The van der Waals surface area contributed by atoms with E-state index in [1.54, 1.807) is 11.3 Å². The van der Waals surface area contributed by atoms with Crippen LogP contribution >= 0.6 is 11.3 Å². The van der Waals surface area contributed by atoms with Crippen LogP contribution < -0.4 is 5.32 Å². The maximum absolute atomic E-state index is 4.59. The normalized spacial score (nSPS) is 15.4. The van der Waals surface area contributed by atoms with Crippen molar-refractivity contribution >= 4 is 11.3 Å². The second kappa shape index (κ2) is 5.78. The van der Waals surface area contributed by atoms with Gasteiger partial charge < -0.3 is 5.32 Å². The zero-order valence-corrected chi connectivity index (χ0v) is 12.1. The molecule has 0 aromatic carbocycles. The summed E-state index contributed by atoms with van der Waals surface area (Å²) in [7, 11) is 0. The molecular formula is C13H24N2S. The number of aryl methyl sites for hydroxylation is 2. The number of thiazole rings is 1. The van der Waals surface area contributed by atoms with Crippen LogP contribution in [0.15, 0.2) is 0 Å². The van der Waals surface area contributed by atoms with Crippen LogP contribution in [-0.4, -0.2) is 11.5 Å². The molecule has 2 unspecified atom stereocenters. The maximum atomic E-state index is 4.59. The van der Waals surface area contributed by atoms with Gasteiger partial charge in [0.15, 0.2) is 0 Å². The van der Waals surface area contributed by atoms with Crippen LogP contribution in [0.5, 0.6) is 0 Å². The molecule has 16 heavy (non-hydrogen) atoms. The fourth-order valence-corrected chi connectivity index (χ4v) is 2.56. The first-order valence-corrected chi connectivity index (χ1v) is 6.90. The Labute approximate surface area is 103 Å². The minimum Gasteiger partial charge on any atom is -0.309 e. The Balaban J connectivity index is 2.53. The molecule has 1 N–H and O–H groups in total. The Kier molecular flexibility index (Phi) is 4.93. The smallest absolute Gasteiger partial charge is 0.0900 e. The van der Waals surface area contributed by atoms with Crippen molar-refractivity contribution in [3.05, 3.63) is 15.6 Å². The molecule has 0 saturated carbocycles. The minimum atomic E-state index is 0.367. The lowest BCUT2D eigenvalue weighted by atomic mass is 9.98. The molecule has 0 fully saturated rings. The van der Waals surface area contributed by atoms with E-state index in [1.165, 1.54) is 10.6 Å². The molecule has 92 valence electrons. The largest absolute Gasteiger partial charge is 0.309 e. The van der Waals surface area contributed by atoms with E-state index in [2.05, 4.69) is 51.8 Å². The van der Waals surface area contributed by atoms with Crippen molar-refractivity contribution in [2.75, 3.05) is 6.54 Å². The number of nitrogens with one attached hydrogen (secondary N) is 1. The fraction of sp³-hybridized carbons (Fsp3) is 0.769. The first-order valence-electron chi connectivity index (χ1n) is 6.09. The van der Waals surface area contributed by atoms with Gasteiger partial charge in [0.05, 0.1) is 10.7 Å². The highest BCUT2D eigenvalue weighted by Gasteiger charge is 2.14. The number of aromatic nitrogens is 1. The molecule has 0 bridgehead atoms. The summed E-state index contributed by atoms with van der Waals surface area (Å²) in [4.78, 5) is 5.93. The van der Waals surface area contributed by atoms with E-state index in [4.69, 9.17) is 0 Å². The predicted molar refractivity (Wildman–Crippen MR) is 72.0 cm³/mol. The lowest BCUT2D eigenvalue weighted by Crippen LogP contribution is -2.27. The van der Waals surface area contributed by atoms with Gasteiger partial charge >= 0.3 is 0 Å². The van der Waals surface area contributed by atoms with E-state index < -0.39 is 0 Å². The molecular weight excluding hydrogens is 216 g/mol. The van der Waals surface area contributed by atoms with Gasteiger partial charge in [0.25, 0.3) is 0 Å². The second-order valence-corrected chi connectivity index (χ2v) is 6.43. The van der Waals surface area contributed by atoms with Crippen LogP contribution in [0.4, 0.5) is 0 Å². The molecule has 0 amide bonds. The average molecular weight is 240 g/mol. The maximum Gasteiger partial charge on any atom is 0.0900 e. The molecule has 0 radical (unpaired) electrons. The topological polar surface area (TPSA) is 24.9 Å². The van der Waals surface area contributed by atoms with E-state index >= 15 is 0 Å². The van der Waals surface area contributed by atoms with Gasteiger partial charge in [-0.3, -0.25) is 0 Å². The summed E-state index contributed by atoms with van der Waals surface area (Å²) in [5.74, 6) is 1.44. The van der Waals surface area contributed by atoms with Gasteiger partial charge in [-0.25, -0.2) is 4.98 Å². The van der Waals surface area contributed by atoms with Crippen molar-refractivity contribution in [2.45, 2.75) is 47.6 Å². The van der Waals surface area contributed by atoms with Gasteiger partial charge in [-0.1, -0.05) is 20.8 Å². The molecule has 1 aromatic rings. The van der Waals surface area contributed by atoms with E-state index in [9.17, 15) is 0 Å². The third-order valence-corrected chi connectivity index (χ3v) is 4.14. The first kappa shape index (κ1) is 13.7. The van der Waals surface area contributed by atoms with Gasteiger partial charge in [0.2, 0.25) is 0 Å². The fourth-order valence-electron chi connectivity index (χ4n) is 1.64. The van der Waals surface area contributed by atoms with Gasteiger partial charge in [0.1, 0.15) is 0 Å². The van der Waals surface area contributed by atoms with E-state index in [0.29, 0.717) is 12.0 Å². The van der Waals surface area contributed by atoms with Crippen molar-refractivity contribution < 1.29 is 0 Å². The highest BCUT2D eigenvalue weighted by atomic mass is 32.1. The summed E-state index contributed by atoms with van der Waals surface area (Å²) in [6.07, 6.45) is 0. The number of hydrogen-bond acceptors (Lipinski definition) is 3. The summed E-state index contributed by atoms with van der Waals surface area (Å²) in [6.45, 7) is 14.3. The summed E-state index contributed by atoms with van der Waals surface area (Å²) in [6, 6.07) is 0.367. The summed E-state index contributed by atoms with van der Waals surface area (Å²) >= 11 is 1.79. The molecule has 1 heterocycles. The van der Waals surface area contributed by atoms with Crippen molar-refractivity contribution in [2.24, 2.45) is 11.8 Å². The van der Waals surface area contributed by atoms with Crippen LogP contribution in [0.25, 0.3) is 0 Å². The molecule has 2 atom stereocenters. The molecule has 1 rings (SSSR count). The van der Waals surface area contributed by atoms with Crippen molar-refractivity contribution in [1.29, 1.82) is 0 Å². The van der Waals surface area contributed by atoms with Crippen LogP contribution in [0.1, 0.15) is 49.3 Å². The molecule has 1 aromatic heterocycles. The molecule has 3 heteroatoms. The number of rotatable bonds is 5. The molecule has 0 aliphatic rings. The molecule has 2 nitrogen and oxygen atoms in total. The van der Waals surface area contributed by atoms with Gasteiger partial charge in [0, 0.05) is 10.9 Å². The highest BCUT2D eigenvalue weighted by molar-refractivity contribution is 7.11. The number of nitrogens with zero attached hydrogens (tertiary/aromatic N) is 1. The summed E-state index contributed by atoms with van der Waals surface area (Å²) in [5, 5.41) is 4.74. The summed E-state index contributed by atoms with van der Waals surface area (Å²) in [5.41, 5.74) is 1.22. The zero-order chi connectivity index (χ0) is 12.3. The minimum absolute atomic E-state index is 0.367. The first-order chi connectivity index (χ1) is 7.41. The third kappa shape index (κ3) is 3.56. The van der Waals surface area contributed by atoms with Gasteiger partial charge in [-0.15, -0.1) is 11.3 Å². The Morgan fingerprint density at radius 1 is 1.19 bits per heavy atom. The standard InChI is InChI=1S/C13H24N2S/c1-8(2)9(3)7-14-10(4)13-11(5)16-12(6)15-13/h8-10,14H,7H2,1-6H3. The van der Waals surface area contributed by atoms with E-state index in [0.717, 1.165) is 17.5 Å². The molecule has 0 aliphatic carbocycles. The highest BCUT2D eigenvalue weighted by Crippen LogP contribution is 2.22. The monoisotopic (exact) mass is 240 g/mol. The lowest BCUT2D eigenvalue weighted by Gasteiger charge is -2.19. The summed E-state index contributed by atoms with van der Waals surface area (Å²) < 4.78 is 0. The van der Waals surface area contributed by atoms with Crippen molar-refractivity contribution in [3.63, 3.8) is 0 Å². The van der Waals surface area contributed by atoms with Crippen LogP contribution in [0.3, 0.4) is 0 Å². The quantitative estimate of drug-likeness (QED) is 0.849. The lowest BCUT2D eigenvalue weighted by molar-refractivity contribution is 0.374. The Morgan fingerprint density at radius 3 is 2.25 bits per heavy atom. The molecule has 0 aliphatic heterocycles. The average Bonchev–Trinajstić information content (AvgIpc) is 2.53. The van der Waals surface area contributed by atoms with Crippen molar-refractivity contribution in [3.8, 4) is 0 Å². The van der Waals surface area contributed by atoms with Crippen LogP contribution in [0.2, 0.25) is 0 Å². The Bertz CT molecular complexity index is 331. The van der Waals surface area contributed by atoms with E-state index in [-0.39, 0.29) is 0 Å². The molecule has 0 saturated heterocycles. The van der Waals surface area contributed by atoms with Gasteiger partial charge in [-0.05, 0) is 39.2 Å². The molecule has 0 spiro atoms. The van der Waals surface area contributed by atoms with Crippen LogP contribution in [0, 0.1) is 25.7 Å². The second-order valence-electron chi connectivity index (χ2n) is 5.03. The predicted octanol–water partition coefficient (Wildman–Crippen LogP) is 3.70. The Morgan fingerprint density at radius 2 is 1.81 bits per heavy atom. The zero-order valence-electron chi connectivity index (χ0n) is 11.3. The van der Waals surface area contributed by atoms with Crippen molar-refractivity contribution in [1.82, 2.24) is 10.3 Å².